The Balaban J connectivity index is 3.87. The molecule has 0 saturated carbocycles. The van der Waals surface area contributed by atoms with E-state index < -0.39 is 49.2 Å². The number of esters is 2. The molecule has 8 heteroatoms. The predicted octanol–water partition coefficient (Wildman–Crippen LogP) is 5.57. The maximum atomic E-state index is 12.0. The summed E-state index contributed by atoms with van der Waals surface area (Å²) in [5.41, 5.74) is 0. The van der Waals surface area contributed by atoms with Gasteiger partial charge in [0.15, 0.2) is 6.61 Å². The maximum Gasteiger partial charge on any atom is 0.306 e. The largest absolute Gasteiger partial charge is 0.463 e. The lowest BCUT2D eigenvalue weighted by atomic mass is 10.1. The Morgan fingerprint density at radius 3 is 1.34 bits per heavy atom. The van der Waals surface area contributed by atoms with E-state index in [1.165, 1.54) is 64.2 Å². The standard InChI is InChI=1S/C30H56O8/c1-3-5-7-9-11-13-15-17-19-21-27(33)37-23-25(31)29(35)30(36)26(32)24-38-28(34)22-20-18-16-14-12-10-8-6-4-2/h25,29-31,35-36H,3-24H2,1-2H3/t25-,29-,30+/m1/s1. The molecule has 0 aliphatic heterocycles. The molecular formula is C30H56O8. The third kappa shape index (κ3) is 21.4. The molecular weight excluding hydrogens is 488 g/mol. The Morgan fingerprint density at radius 2 is 0.921 bits per heavy atom. The summed E-state index contributed by atoms with van der Waals surface area (Å²) in [6.07, 6.45) is 15.2. The number of rotatable bonds is 27. The Hall–Kier alpha value is -1.51. The molecule has 0 aliphatic carbocycles. The highest BCUT2D eigenvalue weighted by Crippen LogP contribution is 2.12. The van der Waals surface area contributed by atoms with Crippen molar-refractivity contribution in [1.29, 1.82) is 0 Å². The molecule has 0 unspecified atom stereocenters. The molecule has 224 valence electrons. The second-order valence-corrected chi connectivity index (χ2v) is 10.5. The van der Waals surface area contributed by atoms with Crippen molar-refractivity contribution in [3.05, 3.63) is 0 Å². The average molecular weight is 545 g/mol. The summed E-state index contributed by atoms with van der Waals surface area (Å²) in [6, 6.07) is 0. The summed E-state index contributed by atoms with van der Waals surface area (Å²) < 4.78 is 9.86. The number of Topliss-reactive ketones (excluding diaryl/α,β-unsaturated/α-hetero) is 1. The molecule has 0 radical (unpaired) electrons. The van der Waals surface area contributed by atoms with Crippen LogP contribution in [0, 0.1) is 0 Å². The van der Waals surface area contributed by atoms with E-state index in [9.17, 15) is 29.7 Å². The van der Waals surface area contributed by atoms with Gasteiger partial charge in [-0.3, -0.25) is 14.4 Å². The first kappa shape index (κ1) is 36.5. The molecule has 0 aromatic rings. The lowest BCUT2D eigenvalue weighted by molar-refractivity contribution is -0.159. The quantitative estimate of drug-likeness (QED) is 0.0904. The molecule has 0 amide bonds. The van der Waals surface area contributed by atoms with Gasteiger partial charge < -0.3 is 24.8 Å². The molecule has 0 aromatic heterocycles. The van der Waals surface area contributed by atoms with Crippen LogP contribution >= 0.6 is 0 Å². The number of ketones is 1. The molecule has 38 heavy (non-hydrogen) atoms. The van der Waals surface area contributed by atoms with Gasteiger partial charge in [-0.15, -0.1) is 0 Å². The van der Waals surface area contributed by atoms with Crippen LogP contribution in [0.4, 0.5) is 0 Å². The molecule has 8 nitrogen and oxygen atoms in total. The first-order valence-corrected chi connectivity index (χ1v) is 15.2. The highest BCUT2D eigenvalue weighted by molar-refractivity contribution is 5.86. The van der Waals surface area contributed by atoms with Crippen molar-refractivity contribution in [3.63, 3.8) is 0 Å². The van der Waals surface area contributed by atoms with E-state index in [1.807, 2.05) is 0 Å². The molecule has 0 aliphatic rings. The zero-order chi connectivity index (χ0) is 28.4. The number of aliphatic hydroxyl groups is 3. The summed E-state index contributed by atoms with van der Waals surface area (Å²) >= 11 is 0. The second kappa shape index (κ2) is 25.8. The van der Waals surface area contributed by atoms with Crippen molar-refractivity contribution < 1.29 is 39.2 Å². The van der Waals surface area contributed by atoms with E-state index in [0.29, 0.717) is 12.8 Å². The Morgan fingerprint density at radius 1 is 0.553 bits per heavy atom. The van der Waals surface area contributed by atoms with Crippen molar-refractivity contribution in [1.82, 2.24) is 0 Å². The highest BCUT2D eigenvalue weighted by Gasteiger charge is 2.31. The Kier molecular flexibility index (Phi) is 24.7. The number of aliphatic hydroxyl groups excluding tert-OH is 3. The van der Waals surface area contributed by atoms with Crippen molar-refractivity contribution in [3.8, 4) is 0 Å². The molecule has 3 atom stereocenters. The van der Waals surface area contributed by atoms with Crippen molar-refractivity contribution in [2.24, 2.45) is 0 Å². The summed E-state index contributed by atoms with van der Waals surface area (Å²) in [4.78, 5) is 35.7. The fraction of sp³-hybridized carbons (Fsp3) is 0.900. The van der Waals surface area contributed by atoms with Crippen molar-refractivity contribution in [2.45, 2.75) is 161 Å². The van der Waals surface area contributed by atoms with Crippen LogP contribution in [0.15, 0.2) is 0 Å². The number of hydrogen-bond donors (Lipinski definition) is 3. The number of carbonyl (C=O) groups is 3. The normalized spacial score (nSPS) is 13.6. The van der Waals surface area contributed by atoms with Gasteiger partial charge >= 0.3 is 11.9 Å². The minimum Gasteiger partial charge on any atom is -0.463 e. The van der Waals surface area contributed by atoms with Crippen LogP contribution in [0.2, 0.25) is 0 Å². The summed E-state index contributed by atoms with van der Waals surface area (Å²) in [7, 11) is 0. The van der Waals surface area contributed by atoms with Crippen molar-refractivity contribution in [2.75, 3.05) is 13.2 Å². The van der Waals surface area contributed by atoms with Gasteiger partial charge in [0.1, 0.15) is 24.9 Å². The van der Waals surface area contributed by atoms with Gasteiger partial charge in [-0.05, 0) is 12.8 Å². The third-order valence-corrected chi connectivity index (χ3v) is 6.81. The molecule has 0 saturated heterocycles. The smallest absolute Gasteiger partial charge is 0.306 e. The van der Waals surface area contributed by atoms with Crippen LogP contribution in [0.1, 0.15) is 142 Å². The molecule has 0 heterocycles. The first-order valence-electron chi connectivity index (χ1n) is 15.2. The van der Waals surface area contributed by atoms with Gasteiger partial charge in [0.2, 0.25) is 5.78 Å². The third-order valence-electron chi connectivity index (χ3n) is 6.81. The van der Waals surface area contributed by atoms with E-state index >= 15 is 0 Å². The van der Waals surface area contributed by atoms with Crippen LogP contribution in [-0.2, 0) is 23.9 Å². The monoisotopic (exact) mass is 544 g/mol. The van der Waals surface area contributed by atoms with Gasteiger partial charge in [-0.1, -0.05) is 117 Å². The number of hydrogen-bond acceptors (Lipinski definition) is 8. The first-order chi connectivity index (χ1) is 18.3. The van der Waals surface area contributed by atoms with E-state index in [-0.39, 0.29) is 12.8 Å². The fourth-order valence-corrected chi connectivity index (χ4v) is 4.22. The molecule has 0 bridgehead atoms. The van der Waals surface area contributed by atoms with Crippen LogP contribution in [0.5, 0.6) is 0 Å². The van der Waals surface area contributed by atoms with Gasteiger partial charge in [-0.25, -0.2) is 0 Å². The average Bonchev–Trinajstić information content (AvgIpc) is 2.91. The lowest BCUT2D eigenvalue weighted by Crippen LogP contribution is -2.45. The number of carbonyl (C=O) groups excluding carboxylic acids is 3. The topological polar surface area (TPSA) is 130 Å². The zero-order valence-corrected chi connectivity index (χ0v) is 24.2. The van der Waals surface area contributed by atoms with E-state index in [4.69, 9.17) is 9.47 Å². The molecule has 0 aromatic carbocycles. The number of unbranched alkanes of at least 4 members (excludes halogenated alkanes) is 16. The minimum absolute atomic E-state index is 0.194. The summed E-state index contributed by atoms with van der Waals surface area (Å²) in [5, 5.41) is 30.0. The lowest BCUT2D eigenvalue weighted by Gasteiger charge is -2.21. The van der Waals surface area contributed by atoms with Crippen LogP contribution in [-0.4, -0.2) is 64.6 Å². The van der Waals surface area contributed by atoms with Gasteiger partial charge in [0, 0.05) is 12.8 Å². The van der Waals surface area contributed by atoms with Gasteiger partial charge in [0.25, 0.3) is 0 Å². The summed E-state index contributed by atoms with van der Waals surface area (Å²) in [5.74, 6) is -1.95. The van der Waals surface area contributed by atoms with Gasteiger partial charge in [-0.2, -0.15) is 0 Å². The Bertz CT molecular complexity index is 595. The van der Waals surface area contributed by atoms with E-state index in [2.05, 4.69) is 13.8 Å². The number of ether oxygens (including phenoxy) is 2. The fourth-order valence-electron chi connectivity index (χ4n) is 4.22. The Labute approximate surface area is 230 Å². The van der Waals surface area contributed by atoms with Crippen LogP contribution < -0.4 is 0 Å². The second-order valence-electron chi connectivity index (χ2n) is 10.5. The molecule has 3 N–H and O–H groups in total. The molecule has 0 spiro atoms. The minimum atomic E-state index is -1.94. The van der Waals surface area contributed by atoms with Crippen LogP contribution in [0.3, 0.4) is 0 Å². The van der Waals surface area contributed by atoms with E-state index in [1.54, 1.807) is 0 Å². The molecule has 0 rings (SSSR count). The van der Waals surface area contributed by atoms with Gasteiger partial charge in [0.05, 0.1) is 0 Å². The van der Waals surface area contributed by atoms with E-state index in [0.717, 1.165) is 38.5 Å². The maximum absolute atomic E-state index is 12.0. The van der Waals surface area contributed by atoms with Crippen molar-refractivity contribution >= 4 is 17.7 Å². The summed E-state index contributed by atoms with van der Waals surface area (Å²) in [6.45, 7) is 3.18. The van der Waals surface area contributed by atoms with Crippen LogP contribution in [0.25, 0.3) is 0 Å². The highest BCUT2D eigenvalue weighted by atomic mass is 16.5. The molecule has 0 fully saturated rings. The predicted molar refractivity (Wildman–Crippen MR) is 149 cm³/mol. The SMILES string of the molecule is CCCCCCCCCCCC(=O)OCC(=O)[C@H](O)[C@H](O)[C@H](O)COC(=O)CCCCCCCCCCC. The zero-order valence-electron chi connectivity index (χ0n) is 24.2.